The largest absolute Gasteiger partial charge is 0.310 e. The summed E-state index contributed by atoms with van der Waals surface area (Å²) in [6, 6.07) is 0.298. The molecule has 2 heterocycles. The summed E-state index contributed by atoms with van der Waals surface area (Å²) in [5.74, 6) is 0.787. The van der Waals surface area contributed by atoms with E-state index in [2.05, 4.69) is 29.4 Å². The molecule has 2 atom stereocenters. The van der Waals surface area contributed by atoms with Crippen molar-refractivity contribution in [3.05, 3.63) is 11.8 Å². The van der Waals surface area contributed by atoms with Crippen molar-refractivity contribution in [2.24, 2.45) is 11.8 Å². The Kier molecular flexibility index (Phi) is 4.51. The lowest BCUT2D eigenvalue weighted by Gasteiger charge is -2.16. The summed E-state index contributed by atoms with van der Waals surface area (Å²) in [7, 11) is -3.46. The van der Waals surface area contributed by atoms with Gasteiger partial charge >= 0.3 is 0 Å². The molecule has 0 radical (unpaired) electrons. The Morgan fingerprint density at radius 3 is 2.55 bits per heavy atom. The van der Waals surface area contributed by atoms with Gasteiger partial charge in [-0.15, -0.1) is 0 Å². The number of hydrogen-bond donors (Lipinski definition) is 2. The molecule has 1 aliphatic heterocycles. The van der Waals surface area contributed by atoms with Crippen LogP contribution >= 0.6 is 0 Å². The average Bonchev–Trinajstić information content (AvgIpc) is 2.95. The van der Waals surface area contributed by atoms with Gasteiger partial charge in [-0.25, -0.2) is 8.42 Å². The number of aromatic amines is 1. The summed E-state index contributed by atoms with van der Waals surface area (Å²) in [6.07, 6.45) is 1.59. The molecule has 114 valence electrons. The summed E-state index contributed by atoms with van der Waals surface area (Å²) in [4.78, 5) is 0. The molecule has 1 saturated heterocycles. The first-order valence-electron chi connectivity index (χ1n) is 7.08. The van der Waals surface area contributed by atoms with Gasteiger partial charge in [0.2, 0.25) is 0 Å². The second kappa shape index (κ2) is 5.83. The minimum Gasteiger partial charge on any atom is -0.310 e. The van der Waals surface area contributed by atoms with Gasteiger partial charge in [0.1, 0.15) is 0 Å². The Balaban J connectivity index is 2.20. The van der Waals surface area contributed by atoms with Crippen LogP contribution in [0, 0.1) is 11.8 Å². The molecular weight excluding hydrogens is 276 g/mol. The fourth-order valence-corrected chi connectivity index (χ4v) is 4.11. The van der Waals surface area contributed by atoms with Crippen LogP contribution in [0.5, 0.6) is 0 Å². The van der Waals surface area contributed by atoms with E-state index in [1.807, 2.05) is 13.8 Å². The van der Waals surface area contributed by atoms with Crippen LogP contribution in [0.4, 0.5) is 0 Å². The van der Waals surface area contributed by atoms with E-state index in [9.17, 15) is 8.42 Å². The van der Waals surface area contributed by atoms with Gasteiger partial charge in [-0.05, 0) is 11.8 Å². The number of hydrogen-bond acceptors (Lipinski definition) is 4. The van der Waals surface area contributed by atoms with Crippen molar-refractivity contribution in [3.8, 4) is 0 Å². The third-order valence-corrected chi connectivity index (χ3v) is 5.78. The van der Waals surface area contributed by atoms with Crippen molar-refractivity contribution in [3.63, 3.8) is 0 Å². The van der Waals surface area contributed by atoms with Crippen LogP contribution in [-0.2, 0) is 16.6 Å². The number of rotatable bonds is 5. The Labute approximate surface area is 121 Å². The van der Waals surface area contributed by atoms with Gasteiger partial charge in [0, 0.05) is 31.2 Å². The number of aromatic nitrogens is 2. The molecule has 6 nitrogen and oxygen atoms in total. The van der Waals surface area contributed by atoms with Gasteiger partial charge in [0.25, 0.3) is 10.0 Å². The van der Waals surface area contributed by atoms with Crippen LogP contribution in [0.1, 0.15) is 33.3 Å². The van der Waals surface area contributed by atoms with E-state index in [4.69, 9.17) is 0 Å². The smallest absolute Gasteiger partial charge is 0.260 e. The standard InChI is InChI=1S/C13H24N4O2S/c1-9(2)14-5-12-6-15-16-13(12)20(18,19)17-7-10(3)11(4)8-17/h6,9-11,14H,5,7-8H2,1-4H3,(H,15,16). The van der Waals surface area contributed by atoms with E-state index in [1.165, 1.54) is 0 Å². The highest BCUT2D eigenvalue weighted by atomic mass is 32.2. The molecule has 0 saturated carbocycles. The lowest BCUT2D eigenvalue weighted by Crippen LogP contribution is -2.31. The van der Waals surface area contributed by atoms with E-state index in [0.29, 0.717) is 43.1 Å². The minimum absolute atomic E-state index is 0.229. The Bertz CT molecular complexity index is 542. The van der Waals surface area contributed by atoms with Crippen molar-refractivity contribution < 1.29 is 8.42 Å². The van der Waals surface area contributed by atoms with Crippen LogP contribution in [0.3, 0.4) is 0 Å². The van der Waals surface area contributed by atoms with Crippen molar-refractivity contribution in [2.75, 3.05) is 13.1 Å². The molecule has 2 rings (SSSR count). The molecule has 7 heteroatoms. The normalized spacial score (nSPS) is 24.6. The molecule has 0 aromatic carbocycles. The van der Waals surface area contributed by atoms with E-state index < -0.39 is 10.0 Å². The van der Waals surface area contributed by atoms with Gasteiger partial charge in [0.15, 0.2) is 5.03 Å². The molecule has 1 aromatic heterocycles. The molecule has 0 spiro atoms. The molecule has 1 fully saturated rings. The average molecular weight is 300 g/mol. The van der Waals surface area contributed by atoms with Gasteiger partial charge in [-0.1, -0.05) is 27.7 Å². The number of sulfonamides is 1. The number of nitrogens with one attached hydrogen (secondary N) is 2. The minimum atomic E-state index is -3.46. The highest BCUT2D eigenvalue weighted by Gasteiger charge is 2.36. The topological polar surface area (TPSA) is 78.1 Å². The van der Waals surface area contributed by atoms with Gasteiger partial charge in [-0.2, -0.15) is 9.40 Å². The third kappa shape index (κ3) is 3.05. The third-order valence-electron chi connectivity index (χ3n) is 3.93. The lowest BCUT2D eigenvalue weighted by atomic mass is 10.0. The summed E-state index contributed by atoms with van der Waals surface area (Å²) < 4.78 is 26.9. The Hall–Kier alpha value is -0.920. The highest BCUT2D eigenvalue weighted by Crippen LogP contribution is 2.28. The second-order valence-electron chi connectivity index (χ2n) is 6.04. The maximum atomic E-state index is 12.7. The van der Waals surface area contributed by atoms with Crippen molar-refractivity contribution >= 4 is 10.0 Å². The molecule has 2 unspecified atom stereocenters. The maximum Gasteiger partial charge on any atom is 0.260 e. The fraction of sp³-hybridized carbons (Fsp3) is 0.769. The SMILES string of the molecule is CC(C)NCc1cn[nH]c1S(=O)(=O)N1CC(C)C(C)C1. The molecule has 1 aliphatic rings. The van der Waals surface area contributed by atoms with Gasteiger partial charge in [0.05, 0.1) is 6.20 Å². The van der Waals surface area contributed by atoms with Crippen LogP contribution in [-0.4, -0.2) is 42.1 Å². The van der Waals surface area contributed by atoms with E-state index in [0.717, 1.165) is 0 Å². The number of H-pyrrole nitrogens is 1. The van der Waals surface area contributed by atoms with Crippen molar-refractivity contribution in [1.82, 2.24) is 19.8 Å². The molecule has 20 heavy (non-hydrogen) atoms. The molecule has 2 N–H and O–H groups in total. The van der Waals surface area contributed by atoms with E-state index in [1.54, 1.807) is 10.5 Å². The predicted molar refractivity (Wildman–Crippen MR) is 77.7 cm³/mol. The monoisotopic (exact) mass is 300 g/mol. The molecule has 0 bridgehead atoms. The summed E-state index contributed by atoms with van der Waals surface area (Å²) >= 11 is 0. The fourth-order valence-electron chi connectivity index (χ4n) is 2.36. The first kappa shape index (κ1) is 15.5. The first-order chi connectivity index (χ1) is 9.32. The van der Waals surface area contributed by atoms with Crippen molar-refractivity contribution in [1.29, 1.82) is 0 Å². The molecular formula is C13H24N4O2S. The summed E-state index contributed by atoms with van der Waals surface area (Å²) in [5, 5.41) is 10.0. The first-order valence-corrected chi connectivity index (χ1v) is 8.52. The highest BCUT2D eigenvalue weighted by molar-refractivity contribution is 7.89. The van der Waals surface area contributed by atoms with Crippen molar-refractivity contribution in [2.45, 2.75) is 45.3 Å². The lowest BCUT2D eigenvalue weighted by molar-refractivity contribution is 0.458. The van der Waals surface area contributed by atoms with E-state index in [-0.39, 0.29) is 5.03 Å². The predicted octanol–water partition coefficient (Wildman–Crippen LogP) is 1.18. The van der Waals surface area contributed by atoms with Crippen LogP contribution < -0.4 is 5.32 Å². The Morgan fingerprint density at radius 1 is 1.40 bits per heavy atom. The molecule has 0 amide bonds. The summed E-state index contributed by atoms with van der Waals surface area (Å²) in [6.45, 7) is 9.90. The molecule has 1 aromatic rings. The zero-order chi connectivity index (χ0) is 14.9. The Morgan fingerprint density at radius 2 is 2.00 bits per heavy atom. The molecule has 0 aliphatic carbocycles. The second-order valence-corrected chi connectivity index (χ2v) is 7.91. The maximum absolute atomic E-state index is 12.7. The number of nitrogens with zero attached hydrogens (tertiary/aromatic N) is 2. The van der Waals surface area contributed by atoms with Gasteiger partial charge < -0.3 is 5.32 Å². The van der Waals surface area contributed by atoms with Gasteiger partial charge in [-0.3, -0.25) is 5.10 Å². The zero-order valence-electron chi connectivity index (χ0n) is 12.5. The van der Waals surface area contributed by atoms with E-state index >= 15 is 0 Å². The quantitative estimate of drug-likeness (QED) is 0.856. The van der Waals surface area contributed by atoms with Crippen LogP contribution in [0.2, 0.25) is 0 Å². The summed E-state index contributed by atoms with van der Waals surface area (Å²) in [5.41, 5.74) is 0.700. The zero-order valence-corrected chi connectivity index (χ0v) is 13.4. The van der Waals surface area contributed by atoms with Crippen LogP contribution in [0.25, 0.3) is 0 Å². The van der Waals surface area contributed by atoms with Crippen LogP contribution in [0.15, 0.2) is 11.2 Å².